The minimum Gasteiger partial charge on any atom is -0.464 e. The van der Waals surface area contributed by atoms with Crippen LogP contribution >= 0.6 is 11.3 Å². The first kappa shape index (κ1) is 24.1. The second-order valence-electron chi connectivity index (χ2n) is 9.25. The zero-order chi connectivity index (χ0) is 23.4. The maximum Gasteiger partial charge on any atom is 0.278 e. The van der Waals surface area contributed by atoms with E-state index in [-0.39, 0.29) is 11.9 Å². The predicted octanol–water partition coefficient (Wildman–Crippen LogP) is 4.13. The average Bonchev–Trinajstić information content (AvgIpc) is 3.43. The van der Waals surface area contributed by atoms with Crippen molar-refractivity contribution in [1.29, 1.82) is 0 Å². The zero-order valence-electron chi connectivity index (χ0n) is 19.4. The molecule has 0 bridgehead atoms. The first-order chi connectivity index (χ1) is 15.8. The molecule has 33 heavy (non-hydrogen) atoms. The van der Waals surface area contributed by atoms with Crippen LogP contribution in [0.2, 0.25) is 0 Å². The number of aromatic nitrogens is 3. The second kappa shape index (κ2) is 10.5. The van der Waals surface area contributed by atoms with E-state index in [9.17, 15) is 13.6 Å². The largest absolute Gasteiger partial charge is 0.464 e. The van der Waals surface area contributed by atoms with Crippen LogP contribution in [0, 0.1) is 5.92 Å². The summed E-state index contributed by atoms with van der Waals surface area (Å²) in [5.41, 5.74) is 1.60. The summed E-state index contributed by atoms with van der Waals surface area (Å²) in [4.78, 5) is 20.5. The van der Waals surface area contributed by atoms with E-state index in [2.05, 4.69) is 20.3 Å². The fourth-order valence-electron chi connectivity index (χ4n) is 4.67. The molecule has 182 valence electrons. The summed E-state index contributed by atoms with van der Waals surface area (Å²) in [5.74, 6) is -2.21. The van der Waals surface area contributed by atoms with Crippen LogP contribution in [-0.2, 0) is 19.5 Å². The van der Waals surface area contributed by atoms with Crippen LogP contribution in [0.3, 0.4) is 0 Å². The van der Waals surface area contributed by atoms with E-state index in [0.717, 1.165) is 75.7 Å². The van der Waals surface area contributed by atoms with Crippen molar-refractivity contribution in [2.45, 2.75) is 77.4 Å². The van der Waals surface area contributed by atoms with Crippen LogP contribution in [0.15, 0.2) is 12.3 Å². The van der Waals surface area contributed by atoms with Crippen LogP contribution in [0.5, 0.6) is 5.19 Å². The number of amides is 1. The highest BCUT2D eigenvalue weighted by molar-refractivity contribution is 7.13. The number of alkyl halides is 2. The number of nitrogens with one attached hydrogen (secondary N) is 1. The molecule has 2 aliphatic rings. The highest BCUT2D eigenvalue weighted by Gasteiger charge is 2.27. The number of ether oxygens (including phenoxy) is 1. The molecule has 1 fully saturated rings. The van der Waals surface area contributed by atoms with Gasteiger partial charge in [-0.2, -0.15) is 5.10 Å². The minimum absolute atomic E-state index is 0.0313. The number of aryl methyl sites for hydroxylation is 1. The molecule has 1 N–H and O–H groups in total. The topological polar surface area (TPSA) is 72.3 Å². The lowest BCUT2D eigenvalue weighted by Gasteiger charge is -2.32. The van der Waals surface area contributed by atoms with Crippen molar-refractivity contribution in [1.82, 2.24) is 25.0 Å². The van der Waals surface area contributed by atoms with Crippen LogP contribution in [0.4, 0.5) is 8.78 Å². The third kappa shape index (κ3) is 6.50. The number of carbonyl (C=O) groups excluding carboxylic acids is 1. The van der Waals surface area contributed by atoms with Gasteiger partial charge in [0.05, 0.1) is 5.69 Å². The van der Waals surface area contributed by atoms with Crippen molar-refractivity contribution in [2.24, 2.45) is 5.92 Å². The summed E-state index contributed by atoms with van der Waals surface area (Å²) in [6, 6.07) is 2.00. The van der Waals surface area contributed by atoms with E-state index >= 15 is 0 Å². The van der Waals surface area contributed by atoms with Gasteiger partial charge in [0, 0.05) is 43.7 Å². The average molecular weight is 482 g/mol. The van der Waals surface area contributed by atoms with Gasteiger partial charge in [-0.3, -0.25) is 14.4 Å². The number of halogens is 2. The number of hydrogen-bond acceptors (Lipinski definition) is 6. The molecule has 0 aromatic carbocycles. The Balaban J connectivity index is 1.18. The fraction of sp³-hybridized carbons (Fsp3) is 0.696. The number of hydrogen-bond donors (Lipinski definition) is 1. The number of rotatable bonds is 9. The van der Waals surface area contributed by atoms with E-state index in [4.69, 9.17) is 4.74 Å². The van der Waals surface area contributed by atoms with Gasteiger partial charge in [-0.05, 0) is 64.0 Å². The van der Waals surface area contributed by atoms with Crippen LogP contribution in [0.25, 0.3) is 0 Å². The van der Waals surface area contributed by atoms with Crippen molar-refractivity contribution in [2.75, 3.05) is 19.7 Å². The Morgan fingerprint density at radius 2 is 2.12 bits per heavy atom. The number of thiazole rings is 1. The number of nitrogens with zero attached hydrogens (tertiary/aromatic N) is 4. The van der Waals surface area contributed by atoms with Crippen LogP contribution in [-0.4, -0.2) is 57.2 Å². The Labute approximate surface area is 197 Å². The summed E-state index contributed by atoms with van der Waals surface area (Å²) in [7, 11) is 0. The number of fused-ring (bicyclic) bond motifs is 1. The highest BCUT2D eigenvalue weighted by Crippen LogP contribution is 2.32. The van der Waals surface area contributed by atoms with E-state index in [0.29, 0.717) is 23.4 Å². The van der Waals surface area contributed by atoms with E-state index in [1.807, 2.05) is 6.92 Å². The maximum atomic E-state index is 13.0. The molecule has 10 heteroatoms. The molecule has 0 unspecified atom stereocenters. The van der Waals surface area contributed by atoms with Gasteiger partial charge in [0.15, 0.2) is 6.61 Å². The van der Waals surface area contributed by atoms with Gasteiger partial charge in [0.1, 0.15) is 5.69 Å². The Hall–Kier alpha value is -2.07. The summed E-state index contributed by atoms with van der Waals surface area (Å²) in [6.07, 6.45) is 7.96. The van der Waals surface area contributed by atoms with Crippen molar-refractivity contribution < 1.29 is 18.3 Å². The molecular weight excluding hydrogens is 448 g/mol. The lowest BCUT2D eigenvalue weighted by Crippen LogP contribution is -2.39. The molecule has 0 atom stereocenters. The third-order valence-corrected chi connectivity index (χ3v) is 7.59. The van der Waals surface area contributed by atoms with Gasteiger partial charge < -0.3 is 10.1 Å². The SMILES string of the molecule is CCn1nccc1C(=O)NC1CCC(CCN2CCc3sc(OCC(C)(F)F)nc3C2)CC1. The molecule has 0 spiro atoms. The fourth-order valence-corrected chi connectivity index (χ4v) is 5.57. The van der Waals surface area contributed by atoms with Gasteiger partial charge >= 0.3 is 0 Å². The van der Waals surface area contributed by atoms with Gasteiger partial charge in [-0.1, -0.05) is 11.3 Å². The molecular formula is C23H33F2N5O2S. The van der Waals surface area contributed by atoms with Crippen molar-refractivity contribution >= 4 is 17.2 Å². The standard InChI is InChI=1S/C23H33F2N5O2S/c1-3-30-19(8-11-26-30)21(31)27-17-6-4-16(5-7-17)9-12-29-13-10-20-18(14-29)28-22(33-20)32-15-23(2,24)25/h8,11,16-17H,3-7,9-10,12-15H2,1-2H3,(H,27,31). The number of carbonyl (C=O) groups is 1. The molecule has 1 amide bonds. The molecule has 2 aromatic rings. The van der Waals surface area contributed by atoms with E-state index in [1.165, 1.54) is 11.3 Å². The molecule has 7 nitrogen and oxygen atoms in total. The minimum atomic E-state index is -2.85. The van der Waals surface area contributed by atoms with Gasteiger partial charge in [-0.25, -0.2) is 13.8 Å². The zero-order valence-corrected chi connectivity index (χ0v) is 20.2. The summed E-state index contributed by atoms with van der Waals surface area (Å²) in [5, 5.41) is 7.71. The second-order valence-corrected chi connectivity index (χ2v) is 10.3. The Bertz CT molecular complexity index is 934. The van der Waals surface area contributed by atoms with E-state index < -0.39 is 12.5 Å². The van der Waals surface area contributed by atoms with Crippen LogP contribution in [0.1, 0.15) is 67.0 Å². The Kier molecular flexibility index (Phi) is 7.63. The molecule has 0 radical (unpaired) electrons. The van der Waals surface area contributed by atoms with E-state index in [1.54, 1.807) is 16.9 Å². The highest BCUT2D eigenvalue weighted by atomic mass is 32.1. The summed E-state index contributed by atoms with van der Waals surface area (Å²) in [6.45, 7) is 5.62. The van der Waals surface area contributed by atoms with Crippen molar-refractivity contribution in [3.8, 4) is 5.19 Å². The summed E-state index contributed by atoms with van der Waals surface area (Å²) >= 11 is 1.40. The van der Waals surface area contributed by atoms with Gasteiger partial charge in [0.2, 0.25) is 0 Å². The molecule has 1 aliphatic carbocycles. The van der Waals surface area contributed by atoms with Crippen LogP contribution < -0.4 is 10.1 Å². The molecule has 0 saturated heterocycles. The predicted molar refractivity (Wildman–Crippen MR) is 123 cm³/mol. The molecule has 4 rings (SSSR count). The quantitative estimate of drug-likeness (QED) is 0.583. The lowest BCUT2D eigenvalue weighted by molar-refractivity contribution is -0.0230. The Morgan fingerprint density at radius 3 is 2.85 bits per heavy atom. The molecule has 2 aromatic heterocycles. The first-order valence-electron chi connectivity index (χ1n) is 11.8. The van der Waals surface area contributed by atoms with Gasteiger partial charge in [-0.15, -0.1) is 0 Å². The molecule has 3 heterocycles. The molecule has 1 aliphatic heterocycles. The lowest BCUT2D eigenvalue weighted by atomic mass is 9.84. The third-order valence-electron chi connectivity index (χ3n) is 6.52. The normalized spacial score (nSPS) is 21.6. The maximum absolute atomic E-state index is 13.0. The van der Waals surface area contributed by atoms with Crippen molar-refractivity contribution in [3.05, 3.63) is 28.5 Å². The first-order valence-corrected chi connectivity index (χ1v) is 12.7. The van der Waals surface area contributed by atoms with Gasteiger partial charge in [0.25, 0.3) is 17.0 Å². The molecule has 1 saturated carbocycles. The summed E-state index contributed by atoms with van der Waals surface area (Å²) < 4.78 is 33.0. The smallest absolute Gasteiger partial charge is 0.278 e. The Morgan fingerprint density at radius 1 is 1.33 bits per heavy atom. The van der Waals surface area contributed by atoms with Crippen molar-refractivity contribution in [3.63, 3.8) is 0 Å². The monoisotopic (exact) mass is 481 g/mol.